The molecule has 1 aliphatic rings. The molecule has 20 heavy (non-hydrogen) atoms. The van der Waals surface area contributed by atoms with Gasteiger partial charge in [-0.3, -0.25) is 0 Å². The molecule has 0 amide bonds. The van der Waals surface area contributed by atoms with E-state index in [1.54, 1.807) is 0 Å². The van der Waals surface area contributed by atoms with Crippen LogP contribution in [0.25, 0.3) is 0 Å². The number of nitrogen functional groups attached to an aromatic ring is 1. The van der Waals surface area contributed by atoms with Gasteiger partial charge in [-0.2, -0.15) is 4.98 Å². The third-order valence-corrected chi connectivity index (χ3v) is 4.92. The lowest BCUT2D eigenvalue weighted by atomic mass is 10.1. The predicted octanol–water partition coefficient (Wildman–Crippen LogP) is 0.693. The number of sulfone groups is 1. The van der Waals surface area contributed by atoms with Crippen molar-refractivity contribution in [3.8, 4) is 5.88 Å². The van der Waals surface area contributed by atoms with Crippen LogP contribution in [0.4, 0.5) is 11.5 Å². The Morgan fingerprint density at radius 3 is 2.85 bits per heavy atom. The Balaban J connectivity index is 2.00. The van der Waals surface area contributed by atoms with E-state index >= 15 is 0 Å². The summed E-state index contributed by atoms with van der Waals surface area (Å²) < 4.78 is 28.3. The van der Waals surface area contributed by atoms with E-state index in [9.17, 15) is 8.42 Å². The van der Waals surface area contributed by atoms with E-state index in [0.717, 1.165) is 0 Å². The van der Waals surface area contributed by atoms with Crippen molar-refractivity contribution in [3.63, 3.8) is 0 Å². The molecular formula is C12H20N4O3S. The third-order valence-electron chi connectivity index (χ3n) is 3.08. The van der Waals surface area contributed by atoms with Gasteiger partial charge in [-0.15, -0.1) is 0 Å². The number of hydrogen-bond donors (Lipinski definition) is 2. The van der Waals surface area contributed by atoms with E-state index in [0.29, 0.717) is 30.4 Å². The van der Waals surface area contributed by atoms with Crippen LogP contribution in [0.2, 0.25) is 0 Å². The molecule has 3 N–H and O–H groups in total. The lowest BCUT2D eigenvalue weighted by Crippen LogP contribution is -2.18. The molecule has 7 nitrogen and oxygen atoms in total. The highest BCUT2D eigenvalue weighted by Crippen LogP contribution is 2.26. The first-order chi connectivity index (χ1) is 9.37. The molecule has 1 atom stereocenters. The second-order valence-corrected chi connectivity index (χ2v) is 7.49. The molecule has 2 rings (SSSR count). The van der Waals surface area contributed by atoms with Crippen LogP contribution in [0.1, 0.15) is 20.3 Å². The maximum absolute atomic E-state index is 11.4. The molecule has 112 valence electrons. The average molecular weight is 300 g/mol. The van der Waals surface area contributed by atoms with Crippen LogP contribution in [0.15, 0.2) is 6.33 Å². The zero-order chi connectivity index (χ0) is 14.8. The maximum atomic E-state index is 11.4. The van der Waals surface area contributed by atoms with Crippen molar-refractivity contribution in [1.82, 2.24) is 9.97 Å². The average Bonchev–Trinajstić information content (AvgIpc) is 2.70. The molecule has 1 fully saturated rings. The SMILES string of the molecule is CC(C)Oc1ncnc(NCC2CCS(=O)(=O)C2)c1N. The number of anilines is 2. The van der Waals surface area contributed by atoms with Crippen molar-refractivity contribution < 1.29 is 13.2 Å². The summed E-state index contributed by atoms with van der Waals surface area (Å²) >= 11 is 0. The van der Waals surface area contributed by atoms with E-state index in [4.69, 9.17) is 10.5 Å². The van der Waals surface area contributed by atoms with Gasteiger partial charge in [0.15, 0.2) is 15.7 Å². The Labute approximate surface area is 118 Å². The molecule has 2 heterocycles. The summed E-state index contributed by atoms with van der Waals surface area (Å²) in [5, 5.41) is 3.09. The Bertz CT molecular complexity index is 574. The second-order valence-electron chi connectivity index (χ2n) is 5.26. The lowest BCUT2D eigenvalue weighted by Gasteiger charge is -2.15. The van der Waals surface area contributed by atoms with Crippen LogP contribution in [0.3, 0.4) is 0 Å². The van der Waals surface area contributed by atoms with Gasteiger partial charge in [0.05, 0.1) is 17.6 Å². The van der Waals surface area contributed by atoms with E-state index in [-0.39, 0.29) is 23.5 Å². The number of aromatic nitrogens is 2. The largest absolute Gasteiger partial charge is 0.473 e. The van der Waals surface area contributed by atoms with E-state index < -0.39 is 9.84 Å². The highest BCUT2D eigenvalue weighted by Gasteiger charge is 2.27. The normalized spacial score (nSPS) is 21.1. The molecule has 1 unspecified atom stereocenters. The van der Waals surface area contributed by atoms with Gasteiger partial charge in [-0.25, -0.2) is 13.4 Å². The minimum absolute atomic E-state index is 0.0278. The molecule has 1 aromatic heterocycles. The quantitative estimate of drug-likeness (QED) is 0.823. The zero-order valence-electron chi connectivity index (χ0n) is 11.7. The minimum Gasteiger partial charge on any atom is -0.473 e. The van der Waals surface area contributed by atoms with Crippen LogP contribution in [0.5, 0.6) is 5.88 Å². The molecule has 0 spiro atoms. The number of nitrogens with two attached hydrogens (primary N) is 1. The first-order valence-electron chi connectivity index (χ1n) is 6.59. The molecule has 0 aromatic carbocycles. The molecule has 1 aromatic rings. The molecule has 0 bridgehead atoms. The van der Waals surface area contributed by atoms with Crippen LogP contribution in [-0.2, 0) is 9.84 Å². The number of ether oxygens (including phenoxy) is 1. The fraction of sp³-hybridized carbons (Fsp3) is 0.667. The van der Waals surface area contributed by atoms with Gasteiger partial charge in [0.25, 0.3) is 0 Å². The lowest BCUT2D eigenvalue weighted by molar-refractivity contribution is 0.234. The highest BCUT2D eigenvalue weighted by atomic mass is 32.2. The van der Waals surface area contributed by atoms with Gasteiger partial charge in [0.1, 0.15) is 12.0 Å². The first-order valence-corrected chi connectivity index (χ1v) is 8.41. The summed E-state index contributed by atoms with van der Waals surface area (Å²) in [5.41, 5.74) is 6.29. The summed E-state index contributed by atoms with van der Waals surface area (Å²) in [4.78, 5) is 8.05. The van der Waals surface area contributed by atoms with Gasteiger partial charge in [-0.1, -0.05) is 0 Å². The summed E-state index contributed by atoms with van der Waals surface area (Å²) in [6.07, 6.45) is 2.03. The Hall–Kier alpha value is -1.57. The van der Waals surface area contributed by atoms with Crippen molar-refractivity contribution in [2.75, 3.05) is 29.1 Å². The third kappa shape index (κ3) is 3.72. The smallest absolute Gasteiger partial charge is 0.242 e. The fourth-order valence-corrected chi connectivity index (χ4v) is 3.97. The second kappa shape index (κ2) is 5.82. The van der Waals surface area contributed by atoms with E-state index in [2.05, 4.69) is 15.3 Å². The Kier molecular flexibility index (Phi) is 4.32. The van der Waals surface area contributed by atoms with Crippen LogP contribution in [-0.4, -0.2) is 42.5 Å². The number of nitrogens with zero attached hydrogens (tertiary/aromatic N) is 2. The summed E-state index contributed by atoms with van der Waals surface area (Å²) in [6.45, 7) is 4.30. The first kappa shape index (κ1) is 14.8. The van der Waals surface area contributed by atoms with Crippen LogP contribution >= 0.6 is 0 Å². The topological polar surface area (TPSA) is 107 Å². The van der Waals surface area contributed by atoms with Gasteiger partial charge in [0, 0.05) is 6.54 Å². The predicted molar refractivity (Wildman–Crippen MR) is 77.5 cm³/mol. The van der Waals surface area contributed by atoms with Crippen molar-refractivity contribution in [1.29, 1.82) is 0 Å². The van der Waals surface area contributed by atoms with Gasteiger partial charge < -0.3 is 15.8 Å². The molecule has 1 aliphatic heterocycles. The molecule has 8 heteroatoms. The summed E-state index contributed by atoms with van der Waals surface area (Å²) in [5.74, 6) is 1.42. The Morgan fingerprint density at radius 1 is 1.50 bits per heavy atom. The standard InChI is InChI=1S/C12H20N4O3S/c1-8(2)19-12-10(13)11(15-7-16-12)14-5-9-3-4-20(17,18)6-9/h7-9H,3-6,13H2,1-2H3,(H,14,15,16). The number of rotatable bonds is 5. The number of hydrogen-bond acceptors (Lipinski definition) is 7. The van der Waals surface area contributed by atoms with Gasteiger partial charge in [0.2, 0.25) is 5.88 Å². The molecular weight excluding hydrogens is 280 g/mol. The van der Waals surface area contributed by atoms with Crippen molar-refractivity contribution in [3.05, 3.63) is 6.33 Å². The zero-order valence-corrected chi connectivity index (χ0v) is 12.5. The van der Waals surface area contributed by atoms with E-state index in [1.165, 1.54) is 6.33 Å². The van der Waals surface area contributed by atoms with E-state index in [1.807, 2.05) is 13.8 Å². The Morgan fingerprint density at radius 2 is 2.25 bits per heavy atom. The van der Waals surface area contributed by atoms with Crippen molar-refractivity contribution in [2.45, 2.75) is 26.4 Å². The highest BCUT2D eigenvalue weighted by molar-refractivity contribution is 7.91. The summed E-state index contributed by atoms with van der Waals surface area (Å²) in [6, 6.07) is 0. The van der Waals surface area contributed by atoms with Crippen LogP contribution in [0, 0.1) is 5.92 Å². The molecule has 0 radical (unpaired) electrons. The van der Waals surface area contributed by atoms with Crippen molar-refractivity contribution >= 4 is 21.3 Å². The van der Waals surface area contributed by atoms with Crippen molar-refractivity contribution in [2.24, 2.45) is 5.92 Å². The molecule has 0 aliphatic carbocycles. The molecule has 1 saturated heterocycles. The fourth-order valence-electron chi connectivity index (χ4n) is 2.11. The monoisotopic (exact) mass is 300 g/mol. The van der Waals surface area contributed by atoms with Gasteiger partial charge in [-0.05, 0) is 26.2 Å². The maximum Gasteiger partial charge on any atom is 0.242 e. The van der Waals surface area contributed by atoms with Crippen LogP contribution < -0.4 is 15.8 Å². The van der Waals surface area contributed by atoms with Gasteiger partial charge >= 0.3 is 0 Å². The molecule has 0 saturated carbocycles. The number of nitrogens with one attached hydrogen (secondary N) is 1. The summed E-state index contributed by atoms with van der Waals surface area (Å²) in [7, 11) is -2.86. The minimum atomic E-state index is -2.86.